The Balaban J connectivity index is 0.00000137. The summed E-state index contributed by atoms with van der Waals surface area (Å²) in [6.07, 6.45) is 0. The predicted molar refractivity (Wildman–Crippen MR) is 138 cm³/mol. The molecule has 1 fully saturated rings. The number of anilines is 1. The van der Waals surface area contributed by atoms with E-state index in [2.05, 4.69) is 5.32 Å². The molecule has 3 aromatic rings. The summed E-state index contributed by atoms with van der Waals surface area (Å²) in [5.74, 6) is 0.555. The number of carbonyl (C=O) groups is 1. The second-order valence-electron chi connectivity index (χ2n) is 8.89. The molecule has 1 aliphatic carbocycles. The maximum atomic E-state index is 13.2. The van der Waals surface area contributed by atoms with E-state index in [0.29, 0.717) is 18.1 Å². The highest BCUT2D eigenvalue weighted by molar-refractivity contribution is 5.79. The highest BCUT2D eigenvalue weighted by Gasteiger charge is 2.52. The van der Waals surface area contributed by atoms with E-state index in [4.69, 9.17) is 23.7 Å². The molecule has 8 nitrogen and oxygen atoms in total. The molecule has 0 radical (unpaired) electrons. The van der Waals surface area contributed by atoms with Gasteiger partial charge in [-0.1, -0.05) is 32.0 Å². The minimum absolute atomic E-state index is 0.0883. The van der Waals surface area contributed by atoms with Crippen LogP contribution in [0.15, 0.2) is 54.6 Å². The third-order valence-corrected chi connectivity index (χ3v) is 7.14. The van der Waals surface area contributed by atoms with Crippen LogP contribution < -0.4 is 24.3 Å². The Bertz CT molecular complexity index is 1270. The number of fused-ring (bicyclic) bond motifs is 3. The van der Waals surface area contributed by atoms with Crippen molar-refractivity contribution in [3.05, 3.63) is 71.3 Å². The van der Waals surface area contributed by atoms with E-state index in [1.165, 1.54) is 14.2 Å². The van der Waals surface area contributed by atoms with Crippen molar-refractivity contribution >= 4 is 11.7 Å². The summed E-state index contributed by atoms with van der Waals surface area (Å²) in [4.78, 5) is 13.2. The summed E-state index contributed by atoms with van der Waals surface area (Å²) in [5.41, 5.74) is 3.67. The average molecular weight is 506 g/mol. The number of methoxy groups -OCH3 is 2. The van der Waals surface area contributed by atoms with Gasteiger partial charge in [-0.2, -0.15) is 0 Å². The number of benzene rings is 3. The number of phenolic OH excluding ortho intramolecular Hbond substituents is 1. The number of esters is 1. The zero-order valence-corrected chi connectivity index (χ0v) is 21.3. The molecule has 0 amide bonds. The zero-order chi connectivity index (χ0) is 26.1. The summed E-state index contributed by atoms with van der Waals surface area (Å²) in [6, 6.07) is 17.2. The first-order chi connectivity index (χ1) is 18.1. The molecule has 1 saturated heterocycles. The summed E-state index contributed by atoms with van der Waals surface area (Å²) in [6.45, 7) is 4.44. The standard InChI is InChI=1S/C27H25NO7.C2H6/c1-31-21-8-14(9-22(32-2)26(21)29)23-16-10-19-20(35-13-34-19)11-17(16)25(18-12-33-27(30)24(18)23)28-15-6-4-3-5-7-15;1-2/h3-11,18,23-25,28-29H,12-13H2,1-2H3;1-2H3/t18-,23+,24-,25+;/m0./s1. The summed E-state index contributed by atoms with van der Waals surface area (Å²) in [7, 11) is 2.97. The van der Waals surface area contributed by atoms with Crippen LogP contribution in [0.25, 0.3) is 0 Å². The molecule has 3 aliphatic rings. The molecule has 2 aliphatic heterocycles. The molecule has 4 atom stereocenters. The number of carbonyl (C=O) groups excluding carboxylic acids is 1. The lowest BCUT2D eigenvalue weighted by molar-refractivity contribution is -0.141. The Morgan fingerprint density at radius 3 is 2.14 bits per heavy atom. The number of aromatic hydroxyl groups is 1. The van der Waals surface area contributed by atoms with Crippen LogP contribution in [0.2, 0.25) is 0 Å². The maximum absolute atomic E-state index is 13.2. The molecule has 2 N–H and O–H groups in total. The van der Waals surface area contributed by atoms with Gasteiger partial charge < -0.3 is 34.1 Å². The Hall–Kier alpha value is -4.07. The monoisotopic (exact) mass is 505 g/mol. The smallest absolute Gasteiger partial charge is 0.310 e. The number of phenols is 1. The molecular formula is C29H31NO7. The quantitative estimate of drug-likeness (QED) is 0.454. The molecule has 8 heteroatoms. The molecule has 0 bridgehead atoms. The van der Waals surface area contributed by atoms with Crippen LogP contribution in [-0.2, 0) is 9.53 Å². The highest BCUT2D eigenvalue weighted by atomic mass is 16.7. The SMILES string of the molecule is CC.COc1cc([C@@H]2c3cc4c(cc3[C@@H](Nc3ccccc3)[C@H]3COC(=O)[C@H]23)OCO4)cc(OC)c1O. The molecule has 0 aromatic heterocycles. The largest absolute Gasteiger partial charge is 0.502 e. The molecule has 0 unspecified atom stereocenters. The van der Waals surface area contributed by atoms with E-state index in [9.17, 15) is 9.90 Å². The molecule has 0 spiro atoms. The lowest BCUT2D eigenvalue weighted by Crippen LogP contribution is -2.37. The molecule has 37 heavy (non-hydrogen) atoms. The molecule has 6 rings (SSSR count). The fraction of sp³-hybridized carbons (Fsp3) is 0.345. The Morgan fingerprint density at radius 1 is 0.892 bits per heavy atom. The summed E-state index contributed by atoms with van der Waals surface area (Å²) in [5, 5.41) is 14.1. The van der Waals surface area contributed by atoms with Gasteiger partial charge in [-0.05, 0) is 53.1 Å². The van der Waals surface area contributed by atoms with Crippen LogP contribution in [0.5, 0.6) is 28.7 Å². The highest BCUT2D eigenvalue weighted by Crippen LogP contribution is 2.56. The van der Waals surface area contributed by atoms with Crippen LogP contribution in [0.1, 0.15) is 42.5 Å². The van der Waals surface area contributed by atoms with Crippen molar-refractivity contribution in [1.82, 2.24) is 0 Å². The van der Waals surface area contributed by atoms with Gasteiger partial charge in [0.2, 0.25) is 12.5 Å². The van der Waals surface area contributed by atoms with Crippen LogP contribution >= 0.6 is 0 Å². The van der Waals surface area contributed by atoms with E-state index in [1.807, 2.05) is 56.3 Å². The number of rotatable bonds is 5. The van der Waals surface area contributed by atoms with Gasteiger partial charge in [0.25, 0.3) is 0 Å². The number of nitrogens with one attached hydrogen (secondary N) is 1. The van der Waals surface area contributed by atoms with E-state index in [-0.39, 0.29) is 47.9 Å². The van der Waals surface area contributed by atoms with Gasteiger partial charge in [0, 0.05) is 17.5 Å². The number of cyclic esters (lactones) is 1. The van der Waals surface area contributed by atoms with Crippen molar-refractivity contribution in [2.45, 2.75) is 25.8 Å². The van der Waals surface area contributed by atoms with Crippen LogP contribution in [0.4, 0.5) is 5.69 Å². The molecule has 0 saturated carbocycles. The third-order valence-electron chi connectivity index (χ3n) is 7.14. The van der Waals surface area contributed by atoms with Gasteiger partial charge in [-0.25, -0.2) is 0 Å². The van der Waals surface area contributed by atoms with Gasteiger partial charge in [0.1, 0.15) is 0 Å². The van der Waals surface area contributed by atoms with Crippen molar-refractivity contribution in [1.29, 1.82) is 0 Å². The van der Waals surface area contributed by atoms with Crippen molar-refractivity contribution in [3.63, 3.8) is 0 Å². The topological polar surface area (TPSA) is 95.5 Å². The maximum Gasteiger partial charge on any atom is 0.310 e. The van der Waals surface area contributed by atoms with Gasteiger partial charge in [0.15, 0.2) is 23.0 Å². The normalized spacial score (nSPS) is 22.6. The van der Waals surface area contributed by atoms with Crippen LogP contribution in [0, 0.1) is 11.8 Å². The first-order valence-corrected chi connectivity index (χ1v) is 12.5. The van der Waals surface area contributed by atoms with Crippen molar-refractivity contribution in [3.8, 4) is 28.7 Å². The lowest BCUT2D eigenvalue weighted by Gasteiger charge is -2.40. The number of ether oxygens (including phenoxy) is 5. The molecule has 194 valence electrons. The van der Waals surface area contributed by atoms with Crippen LogP contribution in [-0.4, -0.2) is 38.7 Å². The van der Waals surface area contributed by atoms with Gasteiger partial charge in [-0.3, -0.25) is 4.79 Å². The van der Waals surface area contributed by atoms with Crippen molar-refractivity contribution in [2.75, 3.05) is 32.9 Å². The second kappa shape index (κ2) is 10.1. The van der Waals surface area contributed by atoms with E-state index >= 15 is 0 Å². The number of hydrogen-bond acceptors (Lipinski definition) is 8. The van der Waals surface area contributed by atoms with E-state index < -0.39 is 5.92 Å². The average Bonchev–Trinajstić information content (AvgIpc) is 3.56. The fourth-order valence-corrected chi connectivity index (χ4v) is 5.55. The minimum Gasteiger partial charge on any atom is -0.502 e. The minimum atomic E-state index is -0.456. The zero-order valence-electron chi connectivity index (χ0n) is 21.3. The van der Waals surface area contributed by atoms with E-state index in [0.717, 1.165) is 22.4 Å². The molecule has 2 heterocycles. The molecular weight excluding hydrogens is 474 g/mol. The number of para-hydroxylation sites is 1. The fourth-order valence-electron chi connectivity index (χ4n) is 5.55. The van der Waals surface area contributed by atoms with Crippen LogP contribution in [0.3, 0.4) is 0 Å². The van der Waals surface area contributed by atoms with Crippen molar-refractivity contribution in [2.24, 2.45) is 11.8 Å². The van der Waals surface area contributed by atoms with Gasteiger partial charge >= 0.3 is 5.97 Å². The van der Waals surface area contributed by atoms with Gasteiger partial charge in [-0.15, -0.1) is 0 Å². The summed E-state index contributed by atoms with van der Waals surface area (Å²) < 4.78 is 27.9. The predicted octanol–water partition coefficient (Wildman–Crippen LogP) is 5.25. The van der Waals surface area contributed by atoms with Gasteiger partial charge in [0.05, 0.1) is 32.8 Å². The third kappa shape index (κ3) is 4.16. The Labute approximate surface area is 216 Å². The Kier molecular flexibility index (Phi) is 6.74. The first kappa shape index (κ1) is 24.6. The van der Waals surface area contributed by atoms with E-state index in [1.54, 1.807) is 12.1 Å². The van der Waals surface area contributed by atoms with Crippen molar-refractivity contribution < 1.29 is 33.6 Å². The Morgan fingerprint density at radius 2 is 1.51 bits per heavy atom. The lowest BCUT2D eigenvalue weighted by atomic mass is 9.65. The second-order valence-corrected chi connectivity index (χ2v) is 8.89. The number of hydrogen-bond donors (Lipinski definition) is 2. The summed E-state index contributed by atoms with van der Waals surface area (Å²) >= 11 is 0. The first-order valence-electron chi connectivity index (χ1n) is 12.5. The molecule has 3 aromatic carbocycles.